The maximum Gasteiger partial charge on any atom is 0.253 e. The molecule has 21 heavy (non-hydrogen) atoms. The minimum Gasteiger partial charge on any atom is -0.383 e. The quantitative estimate of drug-likeness (QED) is 0.886. The molecule has 5 nitrogen and oxygen atoms in total. The maximum absolute atomic E-state index is 12.6. The lowest BCUT2D eigenvalue weighted by molar-refractivity contribution is 0.0273. The first-order valence-corrected chi connectivity index (χ1v) is 7.13. The van der Waals surface area contributed by atoms with Crippen LogP contribution in [-0.2, 0) is 4.74 Å². The summed E-state index contributed by atoms with van der Waals surface area (Å²) in [4.78, 5) is 16.7. The number of ether oxygens (including phenoxy) is 1. The fourth-order valence-electron chi connectivity index (χ4n) is 2.77. The number of pyridine rings is 1. The number of nitrogens with one attached hydrogen (secondary N) is 1. The van der Waals surface area contributed by atoms with Gasteiger partial charge >= 0.3 is 0 Å². The second kappa shape index (κ2) is 5.33. The van der Waals surface area contributed by atoms with Gasteiger partial charge in [0.1, 0.15) is 5.82 Å². The van der Waals surface area contributed by atoms with Crippen molar-refractivity contribution in [1.29, 1.82) is 0 Å². The van der Waals surface area contributed by atoms with E-state index >= 15 is 0 Å². The van der Waals surface area contributed by atoms with Crippen molar-refractivity contribution < 1.29 is 9.53 Å². The van der Waals surface area contributed by atoms with Crippen LogP contribution in [0.5, 0.6) is 0 Å². The van der Waals surface area contributed by atoms with Crippen LogP contribution >= 0.6 is 0 Å². The van der Waals surface area contributed by atoms with E-state index in [1.54, 1.807) is 6.20 Å². The lowest BCUT2D eigenvalue weighted by Gasteiger charge is -2.34. The zero-order valence-corrected chi connectivity index (χ0v) is 12.1. The molecular weight excluding hydrogens is 266 g/mol. The van der Waals surface area contributed by atoms with E-state index in [-0.39, 0.29) is 11.4 Å². The van der Waals surface area contributed by atoms with Crippen LogP contribution in [-0.4, -0.2) is 29.6 Å². The molecule has 1 saturated heterocycles. The van der Waals surface area contributed by atoms with Gasteiger partial charge in [0.05, 0.1) is 17.7 Å². The summed E-state index contributed by atoms with van der Waals surface area (Å²) >= 11 is 0. The topological polar surface area (TPSA) is 77.2 Å². The number of carbonyl (C=O) groups excluding carboxylic acids is 1. The Morgan fingerprint density at radius 3 is 2.86 bits per heavy atom. The number of anilines is 1. The smallest absolute Gasteiger partial charge is 0.253 e. The Balaban J connectivity index is 1.93. The molecule has 1 amide bonds. The predicted octanol–water partition coefficient (Wildman–Crippen LogP) is 2.12. The normalized spacial score (nSPS) is 22.1. The Bertz CT molecular complexity index is 678. The van der Waals surface area contributed by atoms with Crippen molar-refractivity contribution >= 4 is 22.5 Å². The Kier molecular flexibility index (Phi) is 3.51. The summed E-state index contributed by atoms with van der Waals surface area (Å²) in [6, 6.07) is 7.55. The van der Waals surface area contributed by atoms with Crippen molar-refractivity contribution in [2.45, 2.75) is 25.3 Å². The number of amides is 1. The molecule has 3 N–H and O–H groups in total. The number of rotatable bonds is 2. The van der Waals surface area contributed by atoms with Gasteiger partial charge in [-0.1, -0.05) is 24.3 Å². The monoisotopic (exact) mass is 285 g/mol. The largest absolute Gasteiger partial charge is 0.383 e. The van der Waals surface area contributed by atoms with Gasteiger partial charge in [-0.3, -0.25) is 4.79 Å². The molecule has 0 aliphatic carbocycles. The van der Waals surface area contributed by atoms with Crippen LogP contribution in [0.4, 0.5) is 5.82 Å². The summed E-state index contributed by atoms with van der Waals surface area (Å²) in [6.45, 7) is 3.31. The predicted molar refractivity (Wildman–Crippen MR) is 82.1 cm³/mol. The Morgan fingerprint density at radius 1 is 1.38 bits per heavy atom. The number of benzene rings is 1. The van der Waals surface area contributed by atoms with Gasteiger partial charge in [-0.25, -0.2) is 4.98 Å². The van der Waals surface area contributed by atoms with Crippen molar-refractivity contribution in [3.8, 4) is 0 Å². The van der Waals surface area contributed by atoms with Gasteiger partial charge in [0, 0.05) is 18.2 Å². The van der Waals surface area contributed by atoms with Gasteiger partial charge in [0.2, 0.25) is 0 Å². The SMILES string of the molecule is CC1(NC(=O)c2cnc(N)c3ccccc23)CCCOC1. The van der Waals surface area contributed by atoms with E-state index in [1.165, 1.54) is 0 Å². The highest BCUT2D eigenvalue weighted by atomic mass is 16.5. The van der Waals surface area contributed by atoms with Crippen molar-refractivity contribution in [2.24, 2.45) is 0 Å². The molecule has 1 aliphatic heterocycles. The maximum atomic E-state index is 12.6. The van der Waals surface area contributed by atoms with Crippen molar-refractivity contribution in [1.82, 2.24) is 10.3 Å². The average molecular weight is 285 g/mol. The number of nitrogens with zero attached hydrogens (tertiary/aromatic N) is 1. The summed E-state index contributed by atoms with van der Waals surface area (Å²) < 4.78 is 5.48. The molecule has 0 bridgehead atoms. The van der Waals surface area contributed by atoms with E-state index in [4.69, 9.17) is 10.5 Å². The van der Waals surface area contributed by atoms with Crippen LogP contribution in [0.15, 0.2) is 30.5 Å². The van der Waals surface area contributed by atoms with E-state index in [9.17, 15) is 4.79 Å². The lowest BCUT2D eigenvalue weighted by Crippen LogP contribution is -2.51. The molecule has 0 spiro atoms. The van der Waals surface area contributed by atoms with Crippen molar-refractivity contribution in [3.05, 3.63) is 36.0 Å². The molecule has 2 heterocycles. The number of nitrogen functional groups attached to an aromatic ring is 1. The first kappa shape index (κ1) is 13.8. The summed E-state index contributed by atoms with van der Waals surface area (Å²) in [5, 5.41) is 4.70. The van der Waals surface area contributed by atoms with Gasteiger partial charge in [0.25, 0.3) is 5.91 Å². The minimum absolute atomic E-state index is 0.133. The van der Waals surface area contributed by atoms with Crippen LogP contribution in [0, 0.1) is 0 Å². The Labute approximate surface area is 123 Å². The molecular formula is C16H19N3O2. The third kappa shape index (κ3) is 2.69. The Hall–Kier alpha value is -2.14. The van der Waals surface area contributed by atoms with Crippen LogP contribution in [0.25, 0.3) is 10.8 Å². The number of carbonyl (C=O) groups is 1. The number of hydrogen-bond donors (Lipinski definition) is 2. The molecule has 2 aromatic rings. The third-order valence-electron chi connectivity index (χ3n) is 3.92. The highest BCUT2D eigenvalue weighted by molar-refractivity contribution is 6.09. The summed E-state index contributed by atoms with van der Waals surface area (Å²) in [6.07, 6.45) is 3.41. The highest BCUT2D eigenvalue weighted by Gasteiger charge is 2.30. The summed E-state index contributed by atoms with van der Waals surface area (Å²) in [5.41, 5.74) is 6.10. The van der Waals surface area contributed by atoms with Gasteiger partial charge in [-0.2, -0.15) is 0 Å². The molecule has 1 unspecified atom stereocenters. The fourth-order valence-corrected chi connectivity index (χ4v) is 2.77. The van der Waals surface area contributed by atoms with Gasteiger partial charge in [-0.15, -0.1) is 0 Å². The van der Waals surface area contributed by atoms with Gasteiger partial charge in [-0.05, 0) is 25.2 Å². The van der Waals surface area contributed by atoms with Crippen molar-refractivity contribution in [3.63, 3.8) is 0 Å². The summed E-state index contributed by atoms with van der Waals surface area (Å²) in [5.74, 6) is 0.307. The summed E-state index contributed by atoms with van der Waals surface area (Å²) in [7, 11) is 0. The molecule has 1 atom stereocenters. The Morgan fingerprint density at radius 2 is 2.14 bits per heavy atom. The zero-order chi connectivity index (χ0) is 14.9. The molecule has 3 rings (SSSR count). The number of aromatic nitrogens is 1. The zero-order valence-electron chi connectivity index (χ0n) is 12.1. The third-order valence-corrected chi connectivity index (χ3v) is 3.92. The molecule has 0 radical (unpaired) electrons. The van der Waals surface area contributed by atoms with Crippen LogP contribution in [0.2, 0.25) is 0 Å². The first-order chi connectivity index (χ1) is 10.1. The molecule has 1 aliphatic rings. The van der Waals surface area contributed by atoms with E-state index in [2.05, 4.69) is 10.3 Å². The fraction of sp³-hybridized carbons (Fsp3) is 0.375. The lowest BCUT2D eigenvalue weighted by atomic mass is 9.94. The number of hydrogen-bond acceptors (Lipinski definition) is 4. The van der Waals surface area contributed by atoms with E-state index < -0.39 is 0 Å². The first-order valence-electron chi connectivity index (χ1n) is 7.13. The average Bonchev–Trinajstić information content (AvgIpc) is 2.48. The second-order valence-corrected chi connectivity index (χ2v) is 5.77. The van der Waals surface area contributed by atoms with Gasteiger partial charge < -0.3 is 15.8 Å². The molecule has 1 aromatic carbocycles. The number of nitrogens with two attached hydrogens (primary N) is 1. The van der Waals surface area contributed by atoms with E-state index in [0.29, 0.717) is 18.0 Å². The van der Waals surface area contributed by atoms with Crippen LogP contribution in [0.3, 0.4) is 0 Å². The van der Waals surface area contributed by atoms with E-state index in [0.717, 1.165) is 30.2 Å². The standard InChI is InChI=1S/C16H19N3O2/c1-16(7-4-8-21-10-16)19-15(20)13-9-18-14(17)12-6-3-2-5-11(12)13/h2-3,5-6,9H,4,7-8,10H2,1H3,(H2,17,18)(H,19,20). The molecule has 110 valence electrons. The van der Waals surface area contributed by atoms with Crippen molar-refractivity contribution in [2.75, 3.05) is 18.9 Å². The number of fused-ring (bicyclic) bond motifs is 1. The molecule has 1 fully saturated rings. The highest BCUT2D eigenvalue weighted by Crippen LogP contribution is 2.24. The van der Waals surface area contributed by atoms with Crippen LogP contribution in [0.1, 0.15) is 30.1 Å². The van der Waals surface area contributed by atoms with Crippen LogP contribution < -0.4 is 11.1 Å². The second-order valence-electron chi connectivity index (χ2n) is 5.77. The molecule has 0 saturated carbocycles. The molecule has 1 aromatic heterocycles. The molecule has 5 heteroatoms. The van der Waals surface area contributed by atoms with Gasteiger partial charge in [0.15, 0.2) is 0 Å². The van der Waals surface area contributed by atoms with E-state index in [1.807, 2.05) is 31.2 Å². The minimum atomic E-state index is -0.322.